The summed E-state index contributed by atoms with van der Waals surface area (Å²) in [4.78, 5) is 14.6. The summed E-state index contributed by atoms with van der Waals surface area (Å²) in [7, 11) is 0. The lowest BCUT2D eigenvalue weighted by atomic mass is 9.91. The normalized spacial score (nSPS) is 18.9. The molecule has 5 nitrogen and oxygen atoms in total. The van der Waals surface area contributed by atoms with E-state index in [1.54, 1.807) is 4.90 Å². The van der Waals surface area contributed by atoms with Gasteiger partial charge in [0.15, 0.2) is 0 Å². The molecular formula is C23H24FN3O2. The van der Waals surface area contributed by atoms with E-state index in [-0.39, 0.29) is 17.9 Å². The number of halogens is 1. The number of para-hydroxylation sites is 1. The maximum absolute atomic E-state index is 15.4. The van der Waals surface area contributed by atoms with Crippen LogP contribution in [0.5, 0.6) is 11.5 Å². The van der Waals surface area contributed by atoms with Crippen LogP contribution in [-0.4, -0.2) is 18.2 Å². The van der Waals surface area contributed by atoms with E-state index in [0.29, 0.717) is 46.7 Å². The standard InChI is InChI=1S/C23H24FN3O2/c1-14-7-10-18-21(27(14)23(28)15-8-9-15)20(24)11-19(16(12-25)13-26)22(18)29-17-5-3-2-4-6-17/h2-6,11-15,25H,7-10,26H2,1H3/b16-13+,25-12?. The van der Waals surface area contributed by atoms with Crippen LogP contribution in [0.4, 0.5) is 10.1 Å². The van der Waals surface area contributed by atoms with Crippen LogP contribution in [0.1, 0.15) is 37.3 Å². The van der Waals surface area contributed by atoms with Crippen molar-refractivity contribution >= 4 is 23.4 Å². The molecular weight excluding hydrogens is 369 g/mol. The largest absolute Gasteiger partial charge is 0.456 e. The first-order valence-electron chi connectivity index (χ1n) is 9.89. The highest BCUT2D eigenvalue weighted by Crippen LogP contribution is 2.46. The van der Waals surface area contributed by atoms with Crippen LogP contribution in [0, 0.1) is 17.1 Å². The van der Waals surface area contributed by atoms with Gasteiger partial charge < -0.3 is 20.8 Å². The second kappa shape index (κ2) is 7.70. The van der Waals surface area contributed by atoms with Crippen molar-refractivity contribution in [3.63, 3.8) is 0 Å². The molecule has 0 spiro atoms. The van der Waals surface area contributed by atoms with Crippen molar-refractivity contribution in [2.24, 2.45) is 11.7 Å². The van der Waals surface area contributed by atoms with E-state index in [2.05, 4.69) is 0 Å². The van der Waals surface area contributed by atoms with Crippen LogP contribution in [0.15, 0.2) is 42.6 Å². The summed E-state index contributed by atoms with van der Waals surface area (Å²) in [6, 6.07) is 10.5. The molecule has 1 heterocycles. The molecule has 1 aliphatic carbocycles. The summed E-state index contributed by atoms with van der Waals surface area (Å²) in [6.45, 7) is 1.96. The zero-order chi connectivity index (χ0) is 20.5. The Morgan fingerprint density at radius 2 is 2.00 bits per heavy atom. The first-order chi connectivity index (χ1) is 14.0. The van der Waals surface area contributed by atoms with E-state index < -0.39 is 5.82 Å². The summed E-state index contributed by atoms with van der Waals surface area (Å²) in [5.74, 6) is 0.535. The Bertz CT molecular complexity index is 983. The van der Waals surface area contributed by atoms with Crippen LogP contribution in [0.3, 0.4) is 0 Å². The predicted octanol–water partition coefficient (Wildman–Crippen LogP) is 4.64. The molecule has 1 atom stereocenters. The minimum atomic E-state index is -0.489. The third kappa shape index (κ3) is 3.50. The minimum absolute atomic E-state index is 0.0120. The van der Waals surface area contributed by atoms with Crippen molar-refractivity contribution < 1.29 is 13.9 Å². The van der Waals surface area contributed by atoms with Crippen molar-refractivity contribution in [3.8, 4) is 11.5 Å². The number of nitrogens with one attached hydrogen (secondary N) is 1. The van der Waals surface area contributed by atoms with E-state index in [4.69, 9.17) is 15.9 Å². The maximum atomic E-state index is 15.4. The minimum Gasteiger partial charge on any atom is -0.456 e. The zero-order valence-corrected chi connectivity index (χ0v) is 16.3. The molecule has 2 aliphatic rings. The summed E-state index contributed by atoms with van der Waals surface area (Å²) < 4.78 is 21.5. The van der Waals surface area contributed by atoms with Gasteiger partial charge in [0.25, 0.3) is 0 Å². The number of allylic oxidation sites excluding steroid dienone is 1. The number of rotatable bonds is 5. The molecule has 1 aliphatic heterocycles. The molecule has 1 fully saturated rings. The third-order valence-electron chi connectivity index (χ3n) is 5.57. The number of hydrogen-bond donors (Lipinski definition) is 2. The predicted molar refractivity (Wildman–Crippen MR) is 112 cm³/mol. The highest BCUT2D eigenvalue weighted by Gasteiger charge is 2.40. The highest BCUT2D eigenvalue weighted by atomic mass is 19.1. The number of benzene rings is 2. The van der Waals surface area contributed by atoms with E-state index in [9.17, 15) is 4.79 Å². The maximum Gasteiger partial charge on any atom is 0.230 e. The Morgan fingerprint density at radius 1 is 1.28 bits per heavy atom. The van der Waals surface area contributed by atoms with E-state index in [1.807, 2.05) is 37.3 Å². The smallest absolute Gasteiger partial charge is 0.230 e. The fourth-order valence-corrected chi connectivity index (χ4v) is 3.88. The highest BCUT2D eigenvalue weighted by molar-refractivity contribution is 6.10. The van der Waals surface area contributed by atoms with Crippen LogP contribution in [0.25, 0.3) is 5.57 Å². The van der Waals surface area contributed by atoms with Gasteiger partial charge in [0.2, 0.25) is 5.91 Å². The Kier molecular flexibility index (Phi) is 5.09. The molecule has 0 aromatic heterocycles. The Morgan fingerprint density at radius 3 is 2.62 bits per heavy atom. The molecule has 1 unspecified atom stereocenters. The zero-order valence-electron chi connectivity index (χ0n) is 16.3. The molecule has 2 aromatic rings. The summed E-state index contributed by atoms with van der Waals surface area (Å²) in [5, 5.41) is 7.67. The van der Waals surface area contributed by atoms with Gasteiger partial charge >= 0.3 is 0 Å². The van der Waals surface area contributed by atoms with Crippen molar-refractivity contribution in [1.29, 1.82) is 5.41 Å². The number of nitrogens with two attached hydrogens (primary N) is 1. The van der Waals surface area contributed by atoms with Gasteiger partial charge in [-0.1, -0.05) is 18.2 Å². The van der Waals surface area contributed by atoms with Gasteiger partial charge in [0.05, 0.1) is 5.69 Å². The second-order valence-electron chi connectivity index (χ2n) is 7.61. The van der Waals surface area contributed by atoms with Gasteiger partial charge in [-0.2, -0.15) is 0 Å². The van der Waals surface area contributed by atoms with E-state index >= 15 is 4.39 Å². The Labute approximate surface area is 169 Å². The molecule has 1 amide bonds. The summed E-state index contributed by atoms with van der Waals surface area (Å²) >= 11 is 0. The lowest BCUT2D eigenvalue weighted by Crippen LogP contribution is -2.43. The number of anilines is 1. The van der Waals surface area contributed by atoms with Crippen LogP contribution in [-0.2, 0) is 11.2 Å². The molecule has 0 bridgehead atoms. The van der Waals surface area contributed by atoms with Crippen molar-refractivity contribution in [2.45, 2.75) is 38.6 Å². The number of nitrogens with zero attached hydrogens (tertiary/aromatic N) is 1. The van der Waals surface area contributed by atoms with E-state index in [0.717, 1.165) is 19.1 Å². The number of fused-ring (bicyclic) bond motifs is 1. The first-order valence-corrected chi connectivity index (χ1v) is 9.89. The van der Waals surface area contributed by atoms with Crippen molar-refractivity contribution in [2.75, 3.05) is 4.90 Å². The van der Waals surface area contributed by atoms with Gasteiger partial charge in [-0.25, -0.2) is 4.39 Å². The number of amides is 1. The number of ether oxygens (including phenoxy) is 1. The topological polar surface area (TPSA) is 79.4 Å². The van der Waals surface area contributed by atoms with Gasteiger partial charge in [0, 0.05) is 41.1 Å². The molecule has 1 saturated carbocycles. The summed E-state index contributed by atoms with van der Waals surface area (Å²) in [5.41, 5.74) is 7.42. The molecule has 6 heteroatoms. The van der Waals surface area contributed by atoms with Crippen LogP contribution in [0.2, 0.25) is 0 Å². The summed E-state index contributed by atoms with van der Waals surface area (Å²) in [6.07, 6.45) is 5.36. The number of hydrogen-bond acceptors (Lipinski definition) is 4. The third-order valence-corrected chi connectivity index (χ3v) is 5.57. The molecule has 150 valence electrons. The SMILES string of the molecule is CC1CCc2c(Oc3ccccc3)c(/C(C=N)=C/N)cc(F)c2N1C(=O)C1CC1. The molecule has 4 rings (SSSR count). The molecule has 29 heavy (non-hydrogen) atoms. The van der Waals surface area contributed by atoms with Crippen LogP contribution >= 0.6 is 0 Å². The average Bonchev–Trinajstić information content (AvgIpc) is 3.57. The lowest BCUT2D eigenvalue weighted by Gasteiger charge is -2.37. The fourth-order valence-electron chi connectivity index (χ4n) is 3.88. The quantitative estimate of drug-likeness (QED) is 0.726. The molecule has 0 saturated heterocycles. The fraction of sp³-hybridized carbons (Fsp3) is 0.304. The molecule has 3 N–H and O–H groups in total. The molecule has 2 aromatic carbocycles. The monoisotopic (exact) mass is 393 g/mol. The van der Waals surface area contributed by atoms with Crippen molar-refractivity contribution in [1.82, 2.24) is 0 Å². The van der Waals surface area contributed by atoms with Crippen LogP contribution < -0.4 is 15.4 Å². The van der Waals surface area contributed by atoms with E-state index in [1.165, 1.54) is 12.3 Å². The van der Waals surface area contributed by atoms with Gasteiger partial charge in [0.1, 0.15) is 17.3 Å². The molecule has 0 radical (unpaired) electrons. The van der Waals surface area contributed by atoms with Gasteiger partial charge in [-0.05, 0) is 50.8 Å². The lowest BCUT2D eigenvalue weighted by molar-refractivity contribution is -0.120. The van der Waals surface area contributed by atoms with Gasteiger partial charge in [-0.15, -0.1) is 0 Å². The van der Waals surface area contributed by atoms with Gasteiger partial charge in [-0.3, -0.25) is 4.79 Å². The second-order valence-corrected chi connectivity index (χ2v) is 7.61. The average molecular weight is 393 g/mol. The Balaban J connectivity index is 1.91. The Hall–Kier alpha value is -3.15. The number of carbonyl (C=O) groups is 1. The number of carbonyl (C=O) groups excluding carboxylic acids is 1. The first kappa shape index (κ1) is 19.2. The van der Waals surface area contributed by atoms with Crippen molar-refractivity contribution in [3.05, 3.63) is 59.5 Å².